The number of hydrogen-bond donors (Lipinski definition) is 2. The number of aromatic carboxylic acids is 1. The maximum absolute atomic E-state index is 11.3. The van der Waals surface area contributed by atoms with E-state index in [2.05, 4.69) is 29.0 Å². The molecule has 2 N–H and O–H groups in total. The zero-order valence-corrected chi connectivity index (χ0v) is 14.1. The van der Waals surface area contributed by atoms with Gasteiger partial charge in [0, 0.05) is 23.2 Å². The first-order chi connectivity index (χ1) is 9.43. The summed E-state index contributed by atoms with van der Waals surface area (Å²) in [6.07, 6.45) is 0. The van der Waals surface area contributed by atoms with Crippen LogP contribution in [0.2, 0.25) is 0 Å². The molecule has 1 aromatic rings. The van der Waals surface area contributed by atoms with E-state index < -0.39 is 5.97 Å². The Morgan fingerprint density at radius 3 is 2.24 bits per heavy atom. The number of carboxylic acid groups (broad SMARTS) is 1. The van der Waals surface area contributed by atoms with Crippen LogP contribution in [0.5, 0.6) is 0 Å². The van der Waals surface area contributed by atoms with Gasteiger partial charge in [-0.25, -0.2) is 9.78 Å². The predicted molar refractivity (Wildman–Crippen MR) is 86.2 cm³/mol. The quantitative estimate of drug-likeness (QED) is 0.874. The zero-order chi connectivity index (χ0) is 16.4. The number of nitrogens with one attached hydrogen (secondary N) is 1. The van der Waals surface area contributed by atoms with E-state index in [1.807, 2.05) is 34.9 Å². The third kappa shape index (κ3) is 4.70. The van der Waals surface area contributed by atoms with Crippen molar-refractivity contribution in [2.24, 2.45) is 0 Å². The largest absolute Gasteiger partial charge is 0.478 e. The Balaban J connectivity index is 3.07. The highest BCUT2D eigenvalue weighted by atomic mass is 16.4. The lowest BCUT2D eigenvalue weighted by molar-refractivity contribution is 0.0696. The molecule has 118 valence electrons. The molecular formula is C16H27N3O2. The first-order valence-corrected chi connectivity index (χ1v) is 7.10. The zero-order valence-electron chi connectivity index (χ0n) is 14.1. The van der Waals surface area contributed by atoms with E-state index in [1.165, 1.54) is 0 Å². The van der Waals surface area contributed by atoms with Gasteiger partial charge in [-0.1, -0.05) is 20.8 Å². The number of likely N-dealkylation sites (N-methyl/N-ethyl adjacent to an activating group) is 1. The molecule has 21 heavy (non-hydrogen) atoms. The van der Waals surface area contributed by atoms with Gasteiger partial charge < -0.3 is 15.3 Å². The number of aromatic nitrogens is 1. The van der Waals surface area contributed by atoms with Crippen molar-refractivity contribution in [1.29, 1.82) is 0 Å². The fraction of sp³-hybridized carbons (Fsp3) is 0.625. The minimum absolute atomic E-state index is 0.0528. The molecule has 0 saturated heterocycles. The van der Waals surface area contributed by atoms with Crippen molar-refractivity contribution in [2.75, 3.05) is 26.0 Å². The molecule has 0 aromatic carbocycles. The minimum atomic E-state index is -0.933. The summed E-state index contributed by atoms with van der Waals surface area (Å²) in [4.78, 5) is 18.0. The van der Waals surface area contributed by atoms with Crippen LogP contribution in [0, 0.1) is 0 Å². The molecule has 0 unspecified atom stereocenters. The SMILES string of the molecule is CN(C)C(C)(C)CNc1cc(C(=O)O)cc(C(C)(C)C)n1. The number of pyridine rings is 1. The van der Waals surface area contributed by atoms with Gasteiger partial charge in [0.15, 0.2) is 0 Å². The first kappa shape index (κ1) is 17.4. The van der Waals surface area contributed by atoms with Gasteiger partial charge in [-0.15, -0.1) is 0 Å². The van der Waals surface area contributed by atoms with Crippen LogP contribution in [0.4, 0.5) is 5.82 Å². The third-order valence-corrected chi connectivity index (χ3v) is 3.75. The molecule has 0 atom stereocenters. The highest BCUT2D eigenvalue weighted by molar-refractivity contribution is 5.88. The van der Waals surface area contributed by atoms with Crippen LogP contribution in [-0.2, 0) is 5.41 Å². The standard InChI is InChI=1S/C16H27N3O2/c1-15(2,3)12-8-11(14(20)21)9-13(18-12)17-10-16(4,5)19(6)7/h8-9H,10H2,1-7H3,(H,17,18)(H,20,21). The van der Waals surface area contributed by atoms with Crippen LogP contribution in [0.3, 0.4) is 0 Å². The van der Waals surface area contributed by atoms with Gasteiger partial charge in [0.1, 0.15) is 5.82 Å². The van der Waals surface area contributed by atoms with Crippen LogP contribution in [0.15, 0.2) is 12.1 Å². The average Bonchev–Trinajstić information content (AvgIpc) is 2.34. The summed E-state index contributed by atoms with van der Waals surface area (Å²) in [6, 6.07) is 3.23. The van der Waals surface area contributed by atoms with Crippen LogP contribution in [0.1, 0.15) is 50.7 Å². The van der Waals surface area contributed by atoms with Crippen LogP contribution in [0.25, 0.3) is 0 Å². The molecule has 1 aromatic heterocycles. The number of rotatable bonds is 5. The number of carbonyl (C=O) groups is 1. The Hall–Kier alpha value is -1.62. The molecular weight excluding hydrogens is 266 g/mol. The Morgan fingerprint density at radius 2 is 1.81 bits per heavy atom. The predicted octanol–water partition coefficient (Wildman–Crippen LogP) is 2.83. The van der Waals surface area contributed by atoms with Gasteiger partial charge in [-0.05, 0) is 40.1 Å². The Morgan fingerprint density at radius 1 is 1.24 bits per heavy atom. The molecule has 0 amide bonds. The van der Waals surface area contributed by atoms with Crippen molar-refractivity contribution in [3.05, 3.63) is 23.4 Å². The van der Waals surface area contributed by atoms with E-state index in [1.54, 1.807) is 12.1 Å². The molecule has 0 fully saturated rings. The van der Waals surface area contributed by atoms with Gasteiger partial charge in [-0.2, -0.15) is 0 Å². The number of carboxylic acids is 1. The molecule has 0 aliphatic carbocycles. The maximum Gasteiger partial charge on any atom is 0.335 e. The lowest BCUT2D eigenvalue weighted by Gasteiger charge is -2.33. The van der Waals surface area contributed by atoms with Crippen LogP contribution < -0.4 is 5.32 Å². The van der Waals surface area contributed by atoms with Crippen molar-refractivity contribution >= 4 is 11.8 Å². The van der Waals surface area contributed by atoms with Gasteiger partial charge in [0.2, 0.25) is 0 Å². The molecule has 5 heteroatoms. The number of hydrogen-bond acceptors (Lipinski definition) is 4. The Kier molecular flexibility index (Phi) is 4.99. The highest BCUT2D eigenvalue weighted by Gasteiger charge is 2.22. The molecule has 0 radical (unpaired) electrons. The summed E-state index contributed by atoms with van der Waals surface area (Å²) in [6.45, 7) is 11.0. The van der Waals surface area contributed by atoms with Crippen LogP contribution >= 0.6 is 0 Å². The highest BCUT2D eigenvalue weighted by Crippen LogP contribution is 2.24. The summed E-state index contributed by atoms with van der Waals surface area (Å²) < 4.78 is 0. The molecule has 0 bridgehead atoms. The molecule has 0 aliphatic rings. The Bertz CT molecular complexity index is 517. The third-order valence-electron chi connectivity index (χ3n) is 3.75. The molecule has 0 saturated carbocycles. The smallest absolute Gasteiger partial charge is 0.335 e. The first-order valence-electron chi connectivity index (χ1n) is 7.10. The van der Waals surface area contributed by atoms with Crippen molar-refractivity contribution in [2.45, 2.75) is 45.6 Å². The summed E-state index contributed by atoms with van der Waals surface area (Å²) in [5.41, 5.74) is 0.787. The van der Waals surface area contributed by atoms with E-state index in [9.17, 15) is 9.90 Å². The Labute approximate surface area is 127 Å². The topological polar surface area (TPSA) is 65.5 Å². The second-order valence-electron chi connectivity index (χ2n) is 7.24. The van der Waals surface area contributed by atoms with Gasteiger partial charge in [0.25, 0.3) is 0 Å². The summed E-state index contributed by atoms with van der Waals surface area (Å²) in [5, 5.41) is 12.5. The van der Waals surface area contributed by atoms with E-state index in [-0.39, 0.29) is 16.5 Å². The second-order valence-corrected chi connectivity index (χ2v) is 7.24. The molecule has 0 spiro atoms. The van der Waals surface area contributed by atoms with Gasteiger partial charge in [-0.3, -0.25) is 0 Å². The van der Waals surface area contributed by atoms with Crippen molar-refractivity contribution in [1.82, 2.24) is 9.88 Å². The number of anilines is 1. The molecule has 1 rings (SSSR count). The summed E-state index contributed by atoms with van der Waals surface area (Å²) in [7, 11) is 4.03. The fourth-order valence-corrected chi connectivity index (χ4v) is 1.59. The van der Waals surface area contributed by atoms with Gasteiger partial charge in [0.05, 0.1) is 5.56 Å². The van der Waals surface area contributed by atoms with Gasteiger partial charge >= 0.3 is 5.97 Å². The van der Waals surface area contributed by atoms with Crippen molar-refractivity contribution in [3.8, 4) is 0 Å². The van der Waals surface area contributed by atoms with E-state index in [0.29, 0.717) is 12.4 Å². The molecule has 5 nitrogen and oxygen atoms in total. The normalized spacial score (nSPS) is 12.6. The number of nitrogens with zero attached hydrogens (tertiary/aromatic N) is 2. The molecule has 1 heterocycles. The monoisotopic (exact) mass is 293 g/mol. The van der Waals surface area contributed by atoms with Crippen molar-refractivity contribution < 1.29 is 9.90 Å². The maximum atomic E-state index is 11.3. The minimum Gasteiger partial charge on any atom is -0.478 e. The summed E-state index contributed by atoms with van der Waals surface area (Å²) >= 11 is 0. The van der Waals surface area contributed by atoms with Crippen molar-refractivity contribution in [3.63, 3.8) is 0 Å². The lowest BCUT2D eigenvalue weighted by Crippen LogP contribution is -2.44. The second kappa shape index (κ2) is 6.02. The fourth-order valence-electron chi connectivity index (χ4n) is 1.59. The van der Waals surface area contributed by atoms with E-state index in [0.717, 1.165) is 5.69 Å². The van der Waals surface area contributed by atoms with E-state index in [4.69, 9.17) is 0 Å². The summed E-state index contributed by atoms with van der Waals surface area (Å²) in [5.74, 6) is -0.326. The van der Waals surface area contributed by atoms with E-state index >= 15 is 0 Å². The van der Waals surface area contributed by atoms with Crippen LogP contribution in [-0.4, -0.2) is 47.1 Å². The lowest BCUT2D eigenvalue weighted by atomic mass is 9.90. The average molecular weight is 293 g/mol. The molecule has 0 aliphatic heterocycles.